The van der Waals surface area contributed by atoms with Gasteiger partial charge in [0.1, 0.15) is 6.29 Å². The predicted octanol–water partition coefficient (Wildman–Crippen LogP) is 3.67. The lowest BCUT2D eigenvalue weighted by Crippen LogP contribution is -2.04. The van der Waals surface area contributed by atoms with Crippen molar-refractivity contribution in [2.45, 2.75) is 6.42 Å². The van der Waals surface area contributed by atoms with Crippen molar-refractivity contribution in [3.8, 4) is 11.3 Å². The van der Waals surface area contributed by atoms with Crippen molar-refractivity contribution in [1.82, 2.24) is 9.97 Å². The molecule has 1 aromatic carbocycles. The largest absolute Gasteiger partial charge is 0.361 e. The third-order valence-electron chi connectivity index (χ3n) is 3.26. The number of hydrogen-bond donors (Lipinski definition) is 1. The van der Waals surface area contributed by atoms with Crippen LogP contribution in [0.5, 0.6) is 0 Å². The first-order valence-electron chi connectivity index (χ1n) is 6.99. The number of carbonyl (C=O) groups is 1. The molecule has 2 heterocycles. The van der Waals surface area contributed by atoms with Crippen molar-refractivity contribution in [2.24, 2.45) is 0 Å². The number of anilines is 1. The van der Waals surface area contributed by atoms with Crippen molar-refractivity contribution in [1.29, 1.82) is 0 Å². The Morgan fingerprint density at radius 2 is 2.05 bits per heavy atom. The summed E-state index contributed by atoms with van der Waals surface area (Å²) in [4.78, 5) is 19.3. The van der Waals surface area contributed by atoms with E-state index in [0.717, 1.165) is 35.6 Å². The molecule has 0 aliphatic rings. The van der Waals surface area contributed by atoms with Gasteiger partial charge in [-0.2, -0.15) is 0 Å². The predicted molar refractivity (Wildman–Crippen MR) is 89.4 cm³/mol. The van der Waals surface area contributed by atoms with Gasteiger partial charge in [-0.25, -0.2) is 4.98 Å². The van der Waals surface area contributed by atoms with Crippen molar-refractivity contribution < 1.29 is 4.79 Å². The van der Waals surface area contributed by atoms with Crippen LogP contribution in [-0.4, -0.2) is 22.8 Å². The highest BCUT2D eigenvalue weighted by molar-refractivity contribution is 7.14. The van der Waals surface area contributed by atoms with E-state index in [4.69, 9.17) is 0 Å². The molecule has 1 N–H and O–H groups in total. The van der Waals surface area contributed by atoms with Crippen LogP contribution in [0.3, 0.4) is 0 Å². The van der Waals surface area contributed by atoms with E-state index in [0.29, 0.717) is 5.56 Å². The van der Waals surface area contributed by atoms with Crippen LogP contribution >= 0.6 is 11.3 Å². The number of rotatable bonds is 6. The number of carbonyl (C=O) groups excluding carboxylic acids is 1. The van der Waals surface area contributed by atoms with Crippen LogP contribution in [0.4, 0.5) is 5.13 Å². The molecule has 22 heavy (non-hydrogen) atoms. The molecule has 110 valence electrons. The second-order valence-corrected chi connectivity index (χ2v) is 5.67. The van der Waals surface area contributed by atoms with E-state index in [1.165, 1.54) is 5.56 Å². The summed E-state index contributed by atoms with van der Waals surface area (Å²) in [6, 6.07) is 11.4. The van der Waals surface area contributed by atoms with Gasteiger partial charge in [-0.15, -0.1) is 11.3 Å². The second-order valence-electron chi connectivity index (χ2n) is 4.82. The van der Waals surface area contributed by atoms with Crippen molar-refractivity contribution in [3.63, 3.8) is 0 Å². The number of hydrogen-bond acceptors (Lipinski definition) is 5. The van der Waals surface area contributed by atoms with Gasteiger partial charge in [-0.1, -0.05) is 30.3 Å². The van der Waals surface area contributed by atoms with Crippen LogP contribution in [0.1, 0.15) is 15.9 Å². The lowest BCUT2D eigenvalue weighted by molar-refractivity contribution is 0.112. The Morgan fingerprint density at radius 1 is 1.18 bits per heavy atom. The zero-order chi connectivity index (χ0) is 15.2. The Bertz CT molecular complexity index is 738. The maximum atomic E-state index is 10.7. The van der Waals surface area contributed by atoms with E-state index in [2.05, 4.69) is 21.4 Å². The van der Waals surface area contributed by atoms with Crippen LogP contribution in [0.15, 0.2) is 54.2 Å². The lowest BCUT2D eigenvalue weighted by Gasteiger charge is -2.02. The fourth-order valence-electron chi connectivity index (χ4n) is 2.08. The van der Waals surface area contributed by atoms with Gasteiger partial charge in [0.05, 0.1) is 5.69 Å². The average Bonchev–Trinajstić information content (AvgIpc) is 3.05. The summed E-state index contributed by atoms with van der Waals surface area (Å²) in [6.07, 6.45) is 5.41. The zero-order valence-corrected chi connectivity index (χ0v) is 12.7. The first kappa shape index (κ1) is 14.4. The van der Waals surface area contributed by atoms with E-state index in [1.807, 2.05) is 29.8 Å². The van der Waals surface area contributed by atoms with Gasteiger partial charge < -0.3 is 5.32 Å². The van der Waals surface area contributed by atoms with E-state index in [1.54, 1.807) is 29.7 Å². The van der Waals surface area contributed by atoms with Gasteiger partial charge in [0.25, 0.3) is 0 Å². The molecule has 0 radical (unpaired) electrons. The minimum atomic E-state index is 0.675. The highest BCUT2D eigenvalue weighted by Gasteiger charge is 2.04. The van der Waals surface area contributed by atoms with Gasteiger partial charge in [0, 0.05) is 35.4 Å². The Morgan fingerprint density at radius 3 is 2.77 bits per heavy atom. The summed E-state index contributed by atoms with van der Waals surface area (Å²) in [7, 11) is 0. The third kappa shape index (κ3) is 3.56. The quantitative estimate of drug-likeness (QED) is 0.706. The van der Waals surface area contributed by atoms with Crippen molar-refractivity contribution >= 4 is 22.8 Å². The molecule has 0 spiro atoms. The summed E-state index contributed by atoms with van der Waals surface area (Å²) >= 11 is 1.58. The fraction of sp³-hybridized carbons (Fsp3) is 0.118. The molecule has 0 bridgehead atoms. The Balaban J connectivity index is 1.59. The molecule has 4 nitrogen and oxygen atoms in total. The van der Waals surface area contributed by atoms with Crippen molar-refractivity contribution in [3.05, 3.63) is 65.3 Å². The minimum Gasteiger partial charge on any atom is -0.361 e. The van der Waals surface area contributed by atoms with E-state index < -0.39 is 0 Å². The standard InChI is InChI=1S/C17H15N3OS/c21-11-14-3-5-15(6-4-14)16-12-22-17(20-16)19-9-7-13-2-1-8-18-10-13/h1-6,8,10-12H,7,9H2,(H,19,20). The monoisotopic (exact) mass is 309 g/mol. The van der Waals surface area contributed by atoms with Gasteiger partial charge in [0.15, 0.2) is 5.13 Å². The number of nitrogens with one attached hydrogen (secondary N) is 1. The molecule has 0 amide bonds. The average molecular weight is 309 g/mol. The molecule has 0 aliphatic heterocycles. The fourth-order valence-corrected chi connectivity index (χ4v) is 2.83. The van der Waals surface area contributed by atoms with E-state index in [9.17, 15) is 4.79 Å². The minimum absolute atomic E-state index is 0.675. The third-order valence-corrected chi connectivity index (χ3v) is 4.06. The van der Waals surface area contributed by atoms with Crippen LogP contribution in [0.2, 0.25) is 0 Å². The molecule has 5 heteroatoms. The summed E-state index contributed by atoms with van der Waals surface area (Å²) in [5, 5.41) is 6.25. The lowest BCUT2D eigenvalue weighted by atomic mass is 10.1. The number of thiazole rings is 1. The summed E-state index contributed by atoms with van der Waals surface area (Å²) < 4.78 is 0. The van der Waals surface area contributed by atoms with Gasteiger partial charge >= 0.3 is 0 Å². The first-order valence-corrected chi connectivity index (χ1v) is 7.87. The molecular formula is C17H15N3OS. The van der Waals surface area contributed by atoms with Crippen molar-refractivity contribution in [2.75, 3.05) is 11.9 Å². The van der Waals surface area contributed by atoms with Gasteiger partial charge in [-0.05, 0) is 18.1 Å². The van der Waals surface area contributed by atoms with Crippen LogP contribution < -0.4 is 5.32 Å². The molecule has 0 aliphatic carbocycles. The molecular weight excluding hydrogens is 294 g/mol. The Hall–Kier alpha value is -2.53. The molecule has 0 saturated heterocycles. The van der Waals surface area contributed by atoms with Crippen LogP contribution in [0.25, 0.3) is 11.3 Å². The second kappa shape index (κ2) is 6.95. The molecule has 3 rings (SSSR count). The number of benzene rings is 1. The number of aromatic nitrogens is 2. The first-order chi connectivity index (χ1) is 10.8. The zero-order valence-electron chi connectivity index (χ0n) is 11.9. The van der Waals surface area contributed by atoms with E-state index >= 15 is 0 Å². The van der Waals surface area contributed by atoms with E-state index in [-0.39, 0.29) is 0 Å². The molecule has 3 aromatic rings. The Labute approximate surface area is 132 Å². The summed E-state index contributed by atoms with van der Waals surface area (Å²) in [6.45, 7) is 0.822. The SMILES string of the molecule is O=Cc1ccc(-c2csc(NCCc3cccnc3)n2)cc1. The maximum absolute atomic E-state index is 10.7. The number of nitrogens with zero attached hydrogens (tertiary/aromatic N) is 2. The number of pyridine rings is 1. The molecule has 2 aromatic heterocycles. The summed E-state index contributed by atoms with van der Waals surface area (Å²) in [5.74, 6) is 0. The topological polar surface area (TPSA) is 54.9 Å². The molecule has 0 saturated carbocycles. The summed E-state index contributed by atoms with van der Waals surface area (Å²) in [5.41, 5.74) is 3.82. The van der Waals surface area contributed by atoms with Crippen LogP contribution in [-0.2, 0) is 6.42 Å². The highest BCUT2D eigenvalue weighted by Crippen LogP contribution is 2.24. The molecule has 0 fully saturated rings. The van der Waals surface area contributed by atoms with Gasteiger partial charge in [-0.3, -0.25) is 9.78 Å². The number of aldehydes is 1. The maximum Gasteiger partial charge on any atom is 0.183 e. The Kier molecular flexibility index (Phi) is 4.56. The van der Waals surface area contributed by atoms with Crippen LogP contribution in [0, 0.1) is 0 Å². The smallest absolute Gasteiger partial charge is 0.183 e. The molecule has 0 unspecified atom stereocenters. The molecule has 0 atom stereocenters. The van der Waals surface area contributed by atoms with Gasteiger partial charge in [0.2, 0.25) is 0 Å². The highest BCUT2D eigenvalue weighted by atomic mass is 32.1. The normalized spacial score (nSPS) is 10.4.